The van der Waals surface area contributed by atoms with Crippen molar-refractivity contribution in [3.63, 3.8) is 0 Å². The molecule has 0 radical (unpaired) electrons. The number of amides is 1. The van der Waals surface area contributed by atoms with Crippen molar-refractivity contribution in [3.05, 3.63) is 46.7 Å². The number of para-hydroxylation sites is 1. The van der Waals surface area contributed by atoms with E-state index in [2.05, 4.69) is 26.2 Å². The lowest BCUT2D eigenvalue weighted by Gasteiger charge is -2.10. The zero-order chi connectivity index (χ0) is 13.8. The molecule has 5 nitrogen and oxygen atoms in total. The van der Waals surface area contributed by atoms with E-state index < -0.39 is 5.91 Å². The molecule has 19 heavy (non-hydrogen) atoms. The number of benzene rings is 1. The van der Waals surface area contributed by atoms with E-state index in [1.165, 1.54) is 13.2 Å². The fraction of sp³-hybridized carbons (Fsp3) is 0.0769. The molecule has 0 unspecified atom stereocenters. The number of pyridine rings is 1. The standard InChI is InChI=1S/C13H11BrN2O3/c1-19-11-4-2-3-8(12(11)17)13(18)16-10-5-6-15-7-9(10)14/h2-7,17H,1H3,(H,15,16,18). The van der Waals surface area contributed by atoms with E-state index in [1.54, 1.807) is 30.6 Å². The van der Waals surface area contributed by atoms with E-state index in [0.29, 0.717) is 10.2 Å². The fourth-order valence-electron chi connectivity index (χ4n) is 1.54. The van der Waals surface area contributed by atoms with Gasteiger partial charge in [0.1, 0.15) is 0 Å². The Bertz CT molecular complexity index is 617. The van der Waals surface area contributed by atoms with Gasteiger partial charge in [-0.05, 0) is 34.1 Å². The first kappa shape index (κ1) is 13.4. The summed E-state index contributed by atoms with van der Waals surface area (Å²) in [6.07, 6.45) is 3.13. The normalized spacial score (nSPS) is 10.0. The van der Waals surface area contributed by atoms with Crippen LogP contribution in [0.4, 0.5) is 5.69 Å². The number of carbonyl (C=O) groups excluding carboxylic acids is 1. The van der Waals surface area contributed by atoms with Crippen LogP contribution in [0.15, 0.2) is 41.1 Å². The molecule has 0 atom stereocenters. The monoisotopic (exact) mass is 322 g/mol. The van der Waals surface area contributed by atoms with Crippen molar-refractivity contribution < 1.29 is 14.6 Å². The minimum absolute atomic E-state index is 0.142. The predicted octanol–water partition coefficient (Wildman–Crippen LogP) is 2.81. The number of ether oxygens (including phenoxy) is 1. The van der Waals surface area contributed by atoms with Crippen molar-refractivity contribution in [2.75, 3.05) is 12.4 Å². The van der Waals surface area contributed by atoms with E-state index >= 15 is 0 Å². The summed E-state index contributed by atoms with van der Waals surface area (Å²) >= 11 is 3.28. The number of nitrogens with one attached hydrogen (secondary N) is 1. The van der Waals surface area contributed by atoms with E-state index in [0.717, 1.165) is 0 Å². The number of phenolic OH excluding ortho intramolecular Hbond substituents is 1. The summed E-state index contributed by atoms with van der Waals surface area (Å²) in [7, 11) is 1.43. The number of halogens is 1. The maximum Gasteiger partial charge on any atom is 0.259 e. The highest BCUT2D eigenvalue weighted by molar-refractivity contribution is 9.10. The quantitative estimate of drug-likeness (QED) is 0.911. The number of hydrogen-bond donors (Lipinski definition) is 2. The summed E-state index contributed by atoms with van der Waals surface area (Å²) in [4.78, 5) is 16.0. The van der Waals surface area contributed by atoms with Crippen LogP contribution in [0.25, 0.3) is 0 Å². The van der Waals surface area contributed by atoms with Gasteiger partial charge >= 0.3 is 0 Å². The molecule has 2 rings (SSSR count). The Morgan fingerprint density at radius 2 is 2.21 bits per heavy atom. The number of aromatic nitrogens is 1. The van der Waals surface area contributed by atoms with Crippen molar-refractivity contribution in [2.45, 2.75) is 0 Å². The number of phenols is 1. The van der Waals surface area contributed by atoms with Gasteiger partial charge in [0.2, 0.25) is 0 Å². The number of methoxy groups -OCH3 is 1. The molecule has 0 saturated carbocycles. The van der Waals surface area contributed by atoms with Crippen molar-refractivity contribution in [3.8, 4) is 11.5 Å². The first-order chi connectivity index (χ1) is 9.13. The third kappa shape index (κ3) is 2.85. The molecule has 1 aromatic carbocycles. The Balaban J connectivity index is 2.28. The molecule has 1 amide bonds. The molecule has 1 aromatic heterocycles. The highest BCUT2D eigenvalue weighted by Crippen LogP contribution is 2.30. The maximum atomic E-state index is 12.1. The van der Waals surface area contributed by atoms with Gasteiger partial charge in [-0.2, -0.15) is 0 Å². The second kappa shape index (κ2) is 5.71. The summed E-state index contributed by atoms with van der Waals surface area (Å²) in [6.45, 7) is 0. The van der Waals surface area contributed by atoms with E-state index in [9.17, 15) is 9.90 Å². The number of hydrogen-bond acceptors (Lipinski definition) is 4. The lowest BCUT2D eigenvalue weighted by Crippen LogP contribution is -2.12. The summed E-state index contributed by atoms with van der Waals surface area (Å²) in [5.41, 5.74) is 0.713. The molecule has 0 saturated heterocycles. The van der Waals surface area contributed by atoms with Crippen molar-refractivity contribution in [2.24, 2.45) is 0 Å². The van der Waals surface area contributed by atoms with Gasteiger partial charge in [0.15, 0.2) is 11.5 Å². The Labute approximate surface area is 118 Å². The average Bonchev–Trinajstić information content (AvgIpc) is 2.41. The second-order valence-corrected chi connectivity index (χ2v) is 4.52. The molecule has 2 aromatic rings. The number of anilines is 1. The largest absolute Gasteiger partial charge is 0.504 e. The van der Waals surface area contributed by atoms with Crippen molar-refractivity contribution in [1.82, 2.24) is 4.98 Å². The molecule has 0 bridgehead atoms. The molecular weight excluding hydrogens is 312 g/mol. The number of nitrogens with zero attached hydrogens (tertiary/aromatic N) is 1. The Morgan fingerprint density at radius 3 is 2.89 bits per heavy atom. The molecule has 0 aliphatic rings. The van der Waals surface area contributed by atoms with Crippen LogP contribution in [0.1, 0.15) is 10.4 Å². The fourth-order valence-corrected chi connectivity index (χ4v) is 1.89. The zero-order valence-electron chi connectivity index (χ0n) is 10.1. The van der Waals surface area contributed by atoms with Gasteiger partial charge in [-0.1, -0.05) is 6.07 Å². The smallest absolute Gasteiger partial charge is 0.259 e. The SMILES string of the molecule is COc1cccc(C(=O)Nc2ccncc2Br)c1O. The Morgan fingerprint density at radius 1 is 1.42 bits per heavy atom. The van der Waals surface area contributed by atoms with Gasteiger partial charge in [-0.15, -0.1) is 0 Å². The molecule has 6 heteroatoms. The van der Waals surface area contributed by atoms with Crippen LogP contribution in [0.5, 0.6) is 11.5 Å². The van der Waals surface area contributed by atoms with Crippen molar-refractivity contribution in [1.29, 1.82) is 0 Å². The van der Waals surface area contributed by atoms with Crippen LogP contribution < -0.4 is 10.1 Å². The lowest BCUT2D eigenvalue weighted by molar-refractivity contribution is 0.102. The predicted molar refractivity (Wildman–Crippen MR) is 74.5 cm³/mol. The van der Waals surface area contributed by atoms with Crippen LogP contribution in [0, 0.1) is 0 Å². The van der Waals surface area contributed by atoms with Gasteiger partial charge in [-0.3, -0.25) is 9.78 Å². The van der Waals surface area contributed by atoms with Crippen molar-refractivity contribution >= 4 is 27.5 Å². The molecular formula is C13H11BrN2O3. The topological polar surface area (TPSA) is 71.5 Å². The minimum atomic E-state index is -0.427. The van der Waals surface area contributed by atoms with Gasteiger partial charge in [-0.25, -0.2) is 0 Å². The van der Waals surface area contributed by atoms with Gasteiger partial charge < -0.3 is 15.2 Å². The summed E-state index contributed by atoms with van der Waals surface area (Å²) in [5, 5.41) is 12.6. The summed E-state index contributed by atoms with van der Waals surface area (Å²) in [6, 6.07) is 6.38. The van der Waals surface area contributed by atoms with Gasteiger partial charge in [0.25, 0.3) is 5.91 Å². The van der Waals surface area contributed by atoms with Crippen LogP contribution >= 0.6 is 15.9 Å². The molecule has 2 N–H and O–H groups in total. The van der Waals surface area contributed by atoms with E-state index in [4.69, 9.17) is 4.74 Å². The number of rotatable bonds is 3. The molecule has 1 heterocycles. The Kier molecular flexibility index (Phi) is 4.01. The van der Waals surface area contributed by atoms with Crippen LogP contribution in [0.3, 0.4) is 0 Å². The highest BCUT2D eigenvalue weighted by atomic mass is 79.9. The molecule has 98 valence electrons. The van der Waals surface area contributed by atoms with Gasteiger partial charge in [0.05, 0.1) is 22.8 Å². The summed E-state index contributed by atoms with van der Waals surface area (Å²) in [5.74, 6) is -0.363. The number of carbonyl (C=O) groups is 1. The molecule has 0 fully saturated rings. The average molecular weight is 323 g/mol. The van der Waals surface area contributed by atoms with Crippen LogP contribution in [-0.2, 0) is 0 Å². The molecule has 0 spiro atoms. The first-order valence-electron chi connectivity index (χ1n) is 5.40. The Hall–Kier alpha value is -2.08. The zero-order valence-corrected chi connectivity index (χ0v) is 11.6. The third-order valence-corrected chi connectivity index (χ3v) is 3.12. The second-order valence-electron chi connectivity index (χ2n) is 3.67. The van der Waals surface area contributed by atoms with Crippen LogP contribution in [0.2, 0.25) is 0 Å². The summed E-state index contributed by atoms with van der Waals surface area (Å²) < 4.78 is 5.62. The van der Waals surface area contributed by atoms with Gasteiger partial charge in [0, 0.05) is 12.4 Å². The minimum Gasteiger partial charge on any atom is -0.504 e. The lowest BCUT2D eigenvalue weighted by atomic mass is 10.1. The third-order valence-electron chi connectivity index (χ3n) is 2.48. The maximum absolute atomic E-state index is 12.1. The number of aromatic hydroxyl groups is 1. The van der Waals surface area contributed by atoms with E-state index in [-0.39, 0.29) is 17.1 Å². The highest BCUT2D eigenvalue weighted by Gasteiger charge is 2.15. The molecule has 0 aliphatic heterocycles. The van der Waals surface area contributed by atoms with E-state index in [1.807, 2.05) is 0 Å². The first-order valence-corrected chi connectivity index (χ1v) is 6.19. The molecule has 0 aliphatic carbocycles. The van der Waals surface area contributed by atoms with Crippen LogP contribution in [-0.4, -0.2) is 23.1 Å².